The van der Waals surface area contributed by atoms with Gasteiger partial charge < -0.3 is 68.7 Å². The number of rotatable bonds is 18. The number of benzene rings is 3. The molecule has 16 heteroatoms. The standard InChI is InChI=1S/C40H51NO15/c1-24(43)41-30-32(46)37(47)40(39(48)50-3,56-34(30)31(45)28(44)19-42)54-23-29-33(51-20-25-13-7-4-8-14-25)35(52-21-26-15-9-5-10-16-26)36(38(49-2)55-29)53-22-27-17-11-6-12-18-27/h4-18,28-38,42,44-47H,19-23H2,1-3H3,(H,41,43)/t28-,29-,30-,31-,32-,33-,34-,35+,36-,37+,38+,40-/m1/s1. The molecule has 306 valence electrons. The molecule has 0 aliphatic carbocycles. The molecule has 3 aromatic rings. The lowest BCUT2D eigenvalue weighted by atomic mass is 9.86. The summed E-state index contributed by atoms with van der Waals surface area (Å²) in [4.78, 5) is 25.7. The van der Waals surface area contributed by atoms with E-state index in [0.29, 0.717) is 0 Å². The molecule has 0 aromatic heterocycles. The summed E-state index contributed by atoms with van der Waals surface area (Å²) in [6.45, 7) is -0.0848. The number of hydrogen-bond acceptors (Lipinski definition) is 15. The van der Waals surface area contributed by atoms with Gasteiger partial charge in [-0.1, -0.05) is 91.0 Å². The van der Waals surface area contributed by atoms with E-state index >= 15 is 0 Å². The van der Waals surface area contributed by atoms with Crippen molar-refractivity contribution in [3.05, 3.63) is 108 Å². The van der Waals surface area contributed by atoms with Gasteiger partial charge in [-0.25, -0.2) is 4.79 Å². The average molecular weight is 786 g/mol. The van der Waals surface area contributed by atoms with Gasteiger partial charge >= 0.3 is 5.97 Å². The lowest BCUT2D eigenvalue weighted by Crippen LogP contribution is -2.74. The van der Waals surface area contributed by atoms with Crippen molar-refractivity contribution < 1.29 is 73.0 Å². The van der Waals surface area contributed by atoms with Crippen LogP contribution in [-0.4, -0.2) is 138 Å². The number of ether oxygens (including phenoxy) is 8. The summed E-state index contributed by atoms with van der Waals surface area (Å²) >= 11 is 0. The van der Waals surface area contributed by atoms with Crippen LogP contribution in [0.25, 0.3) is 0 Å². The van der Waals surface area contributed by atoms with Crippen LogP contribution in [0.4, 0.5) is 0 Å². The van der Waals surface area contributed by atoms with Gasteiger partial charge in [0.1, 0.15) is 54.9 Å². The molecule has 2 aliphatic rings. The molecule has 16 nitrogen and oxygen atoms in total. The van der Waals surface area contributed by atoms with E-state index in [1.165, 1.54) is 7.11 Å². The number of carbonyl (C=O) groups excluding carboxylic acids is 2. The van der Waals surface area contributed by atoms with Gasteiger partial charge in [0.25, 0.3) is 5.79 Å². The smallest absolute Gasteiger partial charge is 0.369 e. The lowest BCUT2D eigenvalue weighted by Gasteiger charge is -2.50. The number of carbonyl (C=O) groups is 2. The van der Waals surface area contributed by atoms with E-state index in [2.05, 4.69) is 5.32 Å². The van der Waals surface area contributed by atoms with Gasteiger partial charge in [-0.15, -0.1) is 0 Å². The predicted molar refractivity (Wildman–Crippen MR) is 195 cm³/mol. The second-order valence-corrected chi connectivity index (χ2v) is 13.5. The molecule has 56 heavy (non-hydrogen) atoms. The van der Waals surface area contributed by atoms with Crippen molar-refractivity contribution in [2.45, 2.75) is 99.8 Å². The predicted octanol–water partition coefficient (Wildman–Crippen LogP) is 0.339. The highest BCUT2D eigenvalue weighted by atomic mass is 16.8. The second kappa shape index (κ2) is 20.5. The lowest BCUT2D eigenvalue weighted by molar-refractivity contribution is -0.367. The third-order valence-corrected chi connectivity index (χ3v) is 9.64. The summed E-state index contributed by atoms with van der Waals surface area (Å²) in [6, 6.07) is 26.6. The van der Waals surface area contributed by atoms with Crippen molar-refractivity contribution >= 4 is 11.9 Å². The molecule has 12 atom stereocenters. The normalized spacial score (nSPS) is 30.2. The highest BCUT2D eigenvalue weighted by Crippen LogP contribution is 2.37. The molecule has 5 rings (SSSR count). The van der Waals surface area contributed by atoms with Gasteiger partial charge in [-0.2, -0.15) is 0 Å². The van der Waals surface area contributed by atoms with E-state index in [-0.39, 0.29) is 19.8 Å². The fourth-order valence-electron chi connectivity index (χ4n) is 6.74. The fourth-order valence-corrected chi connectivity index (χ4v) is 6.74. The van der Waals surface area contributed by atoms with Crippen LogP contribution in [0.15, 0.2) is 91.0 Å². The molecular formula is C40H51NO15. The molecule has 2 saturated heterocycles. The maximum absolute atomic E-state index is 13.6. The number of aliphatic hydroxyl groups is 5. The Bertz CT molecular complexity index is 1640. The van der Waals surface area contributed by atoms with E-state index in [4.69, 9.17) is 37.9 Å². The number of amides is 1. The minimum absolute atomic E-state index is 0.0747. The van der Waals surface area contributed by atoms with E-state index in [9.17, 15) is 35.1 Å². The van der Waals surface area contributed by atoms with E-state index in [0.717, 1.165) is 30.7 Å². The van der Waals surface area contributed by atoms with Crippen LogP contribution in [0.5, 0.6) is 0 Å². The van der Waals surface area contributed by atoms with Crippen molar-refractivity contribution in [2.75, 3.05) is 27.4 Å². The van der Waals surface area contributed by atoms with E-state index in [1.807, 2.05) is 91.0 Å². The maximum Gasteiger partial charge on any atom is 0.369 e. The Morgan fingerprint density at radius 2 is 1.29 bits per heavy atom. The SMILES string of the molecule is COC(=O)[C@]1(OC[C@H]2O[C@H](OC)[C@H](OCc3ccccc3)[C@@H](OCc3ccccc3)[C@@H]2OCc2ccccc2)O[C@@H]([C@H](O)[C@H](O)CO)[C@H](NC(C)=O)[C@@H](O)[C@@H]1O. The maximum atomic E-state index is 13.6. The zero-order chi connectivity index (χ0) is 40.2. The molecule has 1 amide bonds. The Morgan fingerprint density at radius 1 is 0.786 bits per heavy atom. The number of methoxy groups -OCH3 is 2. The molecule has 0 spiro atoms. The average Bonchev–Trinajstić information content (AvgIpc) is 3.23. The molecule has 0 unspecified atom stereocenters. The van der Waals surface area contributed by atoms with Crippen molar-refractivity contribution in [3.8, 4) is 0 Å². The van der Waals surface area contributed by atoms with Crippen molar-refractivity contribution in [1.29, 1.82) is 0 Å². The summed E-state index contributed by atoms with van der Waals surface area (Å²) in [7, 11) is 2.40. The van der Waals surface area contributed by atoms with Crippen molar-refractivity contribution in [2.24, 2.45) is 0 Å². The molecule has 0 bridgehead atoms. The van der Waals surface area contributed by atoms with Crippen LogP contribution in [0.1, 0.15) is 23.6 Å². The Kier molecular flexibility index (Phi) is 15.8. The number of esters is 1. The number of nitrogens with one attached hydrogen (secondary N) is 1. The van der Waals surface area contributed by atoms with Crippen molar-refractivity contribution in [1.82, 2.24) is 5.32 Å². The minimum atomic E-state index is -2.87. The molecule has 0 radical (unpaired) electrons. The van der Waals surface area contributed by atoms with Crippen molar-refractivity contribution in [3.63, 3.8) is 0 Å². The quantitative estimate of drug-likeness (QED) is 0.0958. The summed E-state index contributed by atoms with van der Waals surface area (Å²) in [5.74, 6) is -4.90. The topological polar surface area (TPSA) is 221 Å². The fraction of sp³-hybridized carbons (Fsp3) is 0.500. The van der Waals surface area contributed by atoms with Crippen LogP contribution < -0.4 is 5.32 Å². The highest BCUT2D eigenvalue weighted by molar-refractivity contribution is 5.79. The van der Waals surface area contributed by atoms with Gasteiger partial charge in [0.15, 0.2) is 6.29 Å². The third kappa shape index (κ3) is 10.3. The zero-order valence-electron chi connectivity index (χ0n) is 31.4. The Hall–Kier alpha value is -3.88. The summed E-state index contributed by atoms with van der Waals surface area (Å²) in [5, 5.41) is 56.2. The summed E-state index contributed by atoms with van der Waals surface area (Å²) < 4.78 is 48.8. The van der Waals surface area contributed by atoms with Gasteiger partial charge in [0.2, 0.25) is 5.91 Å². The van der Waals surface area contributed by atoms with E-state index in [1.54, 1.807) is 0 Å². The van der Waals surface area contributed by atoms with Crippen LogP contribution in [-0.2, 0) is 67.3 Å². The summed E-state index contributed by atoms with van der Waals surface area (Å²) in [6.07, 6.45) is -15.0. The largest absolute Gasteiger partial charge is 0.465 e. The molecule has 2 aliphatic heterocycles. The third-order valence-electron chi connectivity index (χ3n) is 9.64. The first-order valence-corrected chi connectivity index (χ1v) is 18.2. The first kappa shape index (κ1) is 43.2. The number of aliphatic hydroxyl groups excluding tert-OH is 5. The Morgan fingerprint density at radius 3 is 1.75 bits per heavy atom. The Balaban J connectivity index is 1.51. The molecule has 3 aromatic carbocycles. The molecule has 2 fully saturated rings. The minimum Gasteiger partial charge on any atom is -0.465 e. The van der Waals surface area contributed by atoms with Crippen LogP contribution in [0.3, 0.4) is 0 Å². The summed E-state index contributed by atoms with van der Waals surface area (Å²) in [5.41, 5.74) is 2.54. The van der Waals surface area contributed by atoms with Gasteiger partial charge in [0.05, 0.1) is 46.2 Å². The van der Waals surface area contributed by atoms with Gasteiger partial charge in [-0.05, 0) is 16.7 Å². The highest BCUT2D eigenvalue weighted by Gasteiger charge is 2.63. The number of hydrogen-bond donors (Lipinski definition) is 6. The van der Waals surface area contributed by atoms with Gasteiger partial charge in [-0.3, -0.25) is 4.79 Å². The van der Waals surface area contributed by atoms with E-state index < -0.39 is 98.1 Å². The van der Waals surface area contributed by atoms with Gasteiger partial charge in [0, 0.05) is 14.0 Å². The second-order valence-electron chi connectivity index (χ2n) is 13.5. The monoisotopic (exact) mass is 785 g/mol. The zero-order valence-corrected chi connectivity index (χ0v) is 31.4. The van der Waals surface area contributed by atoms with Crippen LogP contribution in [0.2, 0.25) is 0 Å². The first-order valence-electron chi connectivity index (χ1n) is 18.2. The Labute approximate surface area is 324 Å². The molecule has 0 saturated carbocycles. The molecule has 6 N–H and O–H groups in total. The van der Waals surface area contributed by atoms with Crippen LogP contribution >= 0.6 is 0 Å². The molecular weight excluding hydrogens is 734 g/mol. The molecule has 2 heterocycles. The first-order chi connectivity index (χ1) is 27.0. The van der Waals surface area contributed by atoms with Crippen LogP contribution in [0, 0.1) is 0 Å².